The van der Waals surface area contributed by atoms with Crippen LogP contribution in [0.3, 0.4) is 0 Å². The number of methoxy groups -OCH3 is 1. The SMILES string of the molecule is COCCNCc1nccn1Cc1cc(Br)ccc1F. The lowest BCUT2D eigenvalue weighted by Crippen LogP contribution is -2.21. The van der Waals surface area contributed by atoms with E-state index in [-0.39, 0.29) is 5.82 Å². The maximum absolute atomic E-state index is 13.8. The molecule has 20 heavy (non-hydrogen) atoms. The lowest BCUT2D eigenvalue weighted by atomic mass is 10.2. The summed E-state index contributed by atoms with van der Waals surface area (Å²) in [6, 6.07) is 4.95. The van der Waals surface area contributed by atoms with Gasteiger partial charge in [-0.2, -0.15) is 0 Å². The van der Waals surface area contributed by atoms with E-state index in [0.29, 0.717) is 25.3 Å². The van der Waals surface area contributed by atoms with Crippen LogP contribution in [0.1, 0.15) is 11.4 Å². The van der Waals surface area contributed by atoms with Gasteiger partial charge in [-0.25, -0.2) is 9.37 Å². The first-order valence-corrected chi connectivity index (χ1v) is 7.13. The van der Waals surface area contributed by atoms with E-state index in [2.05, 4.69) is 26.2 Å². The molecule has 1 aromatic heterocycles. The Morgan fingerprint density at radius 3 is 3.10 bits per heavy atom. The minimum Gasteiger partial charge on any atom is -0.383 e. The average molecular weight is 342 g/mol. The minimum absolute atomic E-state index is 0.208. The van der Waals surface area contributed by atoms with Crippen LogP contribution in [0.25, 0.3) is 0 Å². The highest BCUT2D eigenvalue weighted by atomic mass is 79.9. The monoisotopic (exact) mass is 341 g/mol. The number of aromatic nitrogens is 2. The molecule has 108 valence electrons. The number of ether oxygens (including phenoxy) is 1. The third-order valence-corrected chi connectivity index (χ3v) is 3.41. The third-order valence-electron chi connectivity index (χ3n) is 2.92. The first-order chi connectivity index (χ1) is 9.70. The van der Waals surface area contributed by atoms with E-state index in [1.807, 2.05) is 10.8 Å². The highest BCUT2D eigenvalue weighted by molar-refractivity contribution is 9.10. The summed E-state index contributed by atoms with van der Waals surface area (Å²) in [5.41, 5.74) is 0.635. The molecule has 0 aliphatic heterocycles. The maximum atomic E-state index is 13.8. The van der Waals surface area contributed by atoms with Gasteiger partial charge in [0, 0.05) is 36.1 Å². The van der Waals surface area contributed by atoms with E-state index < -0.39 is 0 Å². The molecule has 0 aliphatic carbocycles. The highest BCUT2D eigenvalue weighted by Gasteiger charge is 2.07. The number of nitrogens with zero attached hydrogens (tertiary/aromatic N) is 2. The van der Waals surface area contributed by atoms with Crippen molar-refractivity contribution in [1.82, 2.24) is 14.9 Å². The zero-order valence-electron chi connectivity index (χ0n) is 11.3. The summed E-state index contributed by atoms with van der Waals surface area (Å²) in [6.45, 7) is 2.51. The third kappa shape index (κ3) is 4.13. The minimum atomic E-state index is -0.208. The summed E-state index contributed by atoms with van der Waals surface area (Å²) in [5, 5.41) is 3.23. The number of benzene rings is 1. The average Bonchev–Trinajstić information content (AvgIpc) is 2.86. The van der Waals surface area contributed by atoms with Gasteiger partial charge < -0.3 is 14.6 Å². The van der Waals surface area contributed by atoms with Gasteiger partial charge in [-0.05, 0) is 18.2 Å². The van der Waals surface area contributed by atoms with Crippen LogP contribution < -0.4 is 5.32 Å². The number of rotatable bonds is 7. The van der Waals surface area contributed by atoms with Gasteiger partial charge in [0.25, 0.3) is 0 Å². The quantitative estimate of drug-likeness (QED) is 0.786. The van der Waals surface area contributed by atoms with E-state index in [9.17, 15) is 4.39 Å². The van der Waals surface area contributed by atoms with Crippen LogP contribution in [0, 0.1) is 5.82 Å². The van der Waals surface area contributed by atoms with Crippen LogP contribution >= 0.6 is 15.9 Å². The van der Waals surface area contributed by atoms with Gasteiger partial charge >= 0.3 is 0 Å². The van der Waals surface area contributed by atoms with Crippen molar-refractivity contribution in [3.8, 4) is 0 Å². The predicted molar refractivity (Wildman–Crippen MR) is 79.0 cm³/mol. The van der Waals surface area contributed by atoms with Gasteiger partial charge in [-0.1, -0.05) is 15.9 Å². The molecule has 4 nitrogen and oxygen atoms in total. The molecule has 0 saturated heterocycles. The van der Waals surface area contributed by atoms with Gasteiger partial charge in [-0.3, -0.25) is 0 Å². The second-order valence-electron chi connectivity index (χ2n) is 4.38. The maximum Gasteiger partial charge on any atom is 0.128 e. The fourth-order valence-electron chi connectivity index (χ4n) is 1.87. The van der Waals surface area contributed by atoms with Crippen molar-refractivity contribution in [2.24, 2.45) is 0 Å². The molecule has 2 aromatic rings. The Bertz CT molecular complexity index is 559. The van der Waals surface area contributed by atoms with Crippen LogP contribution in [0.15, 0.2) is 35.1 Å². The molecule has 0 unspecified atom stereocenters. The number of nitrogens with one attached hydrogen (secondary N) is 1. The van der Waals surface area contributed by atoms with Gasteiger partial charge in [0.15, 0.2) is 0 Å². The Morgan fingerprint density at radius 2 is 2.30 bits per heavy atom. The molecule has 0 radical (unpaired) electrons. The van der Waals surface area contributed by atoms with E-state index in [0.717, 1.165) is 16.8 Å². The molecule has 6 heteroatoms. The molecular formula is C14H17BrFN3O. The molecule has 1 heterocycles. The Balaban J connectivity index is 2.02. The normalized spacial score (nSPS) is 10.9. The van der Waals surface area contributed by atoms with Crippen molar-refractivity contribution in [3.05, 3.63) is 52.3 Å². The summed E-state index contributed by atoms with van der Waals surface area (Å²) >= 11 is 3.36. The molecule has 1 aromatic carbocycles. The Hall–Kier alpha value is -1.24. The molecule has 0 spiro atoms. The largest absolute Gasteiger partial charge is 0.383 e. The summed E-state index contributed by atoms with van der Waals surface area (Å²) < 4.78 is 21.5. The van der Waals surface area contributed by atoms with Crippen molar-refractivity contribution < 1.29 is 9.13 Å². The molecule has 0 aliphatic rings. The van der Waals surface area contributed by atoms with Crippen molar-refractivity contribution in [3.63, 3.8) is 0 Å². The fraction of sp³-hybridized carbons (Fsp3) is 0.357. The molecule has 1 N–H and O–H groups in total. The molecule has 2 rings (SSSR count). The molecule has 0 amide bonds. The number of halogens is 2. The predicted octanol–water partition coefficient (Wildman–Crippen LogP) is 2.57. The molecule has 0 bridgehead atoms. The van der Waals surface area contributed by atoms with Crippen LogP contribution in [0.2, 0.25) is 0 Å². The van der Waals surface area contributed by atoms with Crippen molar-refractivity contribution in [2.45, 2.75) is 13.1 Å². The van der Waals surface area contributed by atoms with Gasteiger partial charge in [0.05, 0.1) is 19.7 Å². The van der Waals surface area contributed by atoms with Gasteiger partial charge in [0.2, 0.25) is 0 Å². The van der Waals surface area contributed by atoms with E-state index in [1.165, 1.54) is 6.07 Å². The van der Waals surface area contributed by atoms with Crippen LogP contribution in [-0.2, 0) is 17.8 Å². The second-order valence-corrected chi connectivity index (χ2v) is 5.29. The van der Waals surface area contributed by atoms with Crippen molar-refractivity contribution in [2.75, 3.05) is 20.3 Å². The lowest BCUT2D eigenvalue weighted by Gasteiger charge is -2.10. The summed E-state index contributed by atoms with van der Waals surface area (Å²) in [5.74, 6) is 0.667. The molecule has 0 fully saturated rings. The van der Waals surface area contributed by atoms with Crippen LogP contribution in [0.5, 0.6) is 0 Å². The van der Waals surface area contributed by atoms with Crippen molar-refractivity contribution >= 4 is 15.9 Å². The number of imidazole rings is 1. The first-order valence-electron chi connectivity index (χ1n) is 6.34. The zero-order valence-corrected chi connectivity index (χ0v) is 12.9. The van der Waals surface area contributed by atoms with Gasteiger partial charge in [-0.15, -0.1) is 0 Å². The Kier molecular flexibility index (Phi) is 5.70. The van der Waals surface area contributed by atoms with E-state index >= 15 is 0 Å². The first kappa shape index (κ1) is 15.2. The molecule has 0 atom stereocenters. The highest BCUT2D eigenvalue weighted by Crippen LogP contribution is 2.17. The van der Waals surface area contributed by atoms with Gasteiger partial charge in [0.1, 0.15) is 11.6 Å². The summed E-state index contributed by atoms with van der Waals surface area (Å²) in [6.07, 6.45) is 3.58. The summed E-state index contributed by atoms with van der Waals surface area (Å²) in [4.78, 5) is 4.29. The smallest absolute Gasteiger partial charge is 0.128 e. The second kappa shape index (κ2) is 7.52. The standard InChI is InChI=1S/C14H17BrFN3O/c1-20-7-5-17-9-14-18-4-6-19(14)10-11-8-12(15)2-3-13(11)16/h2-4,6,8,17H,5,7,9-10H2,1H3. The molecular weight excluding hydrogens is 325 g/mol. The number of hydrogen-bond donors (Lipinski definition) is 1. The van der Waals surface area contributed by atoms with E-state index in [4.69, 9.17) is 4.74 Å². The number of hydrogen-bond acceptors (Lipinski definition) is 3. The molecule has 0 saturated carbocycles. The van der Waals surface area contributed by atoms with Crippen LogP contribution in [-0.4, -0.2) is 29.8 Å². The zero-order chi connectivity index (χ0) is 14.4. The lowest BCUT2D eigenvalue weighted by molar-refractivity contribution is 0.199. The van der Waals surface area contributed by atoms with Crippen LogP contribution in [0.4, 0.5) is 4.39 Å². The fourth-order valence-corrected chi connectivity index (χ4v) is 2.28. The summed E-state index contributed by atoms with van der Waals surface area (Å²) in [7, 11) is 1.67. The Labute approximate surface area is 126 Å². The van der Waals surface area contributed by atoms with E-state index in [1.54, 1.807) is 25.4 Å². The topological polar surface area (TPSA) is 39.1 Å². The Morgan fingerprint density at radius 1 is 1.45 bits per heavy atom. The van der Waals surface area contributed by atoms with Crippen molar-refractivity contribution in [1.29, 1.82) is 0 Å².